The molecule has 0 unspecified atom stereocenters. The fraction of sp³-hybridized carbons (Fsp3) is 0.722. The molecule has 1 aromatic heterocycles. The minimum atomic E-state index is 0.0734. The first-order chi connectivity index (χ1) is 11.3. The van der Waals surface area contributed by atoms with Crippen LogP contribution < -0.4 is 0 Å². The van der Waals surface area contributed by atoms with Gasteiger partial charge in [-0.3, -0.25) is 4.79 Å². The van der Waals surface area contributed by atoms with E-state index in [2.05, 4.69) is 6.92 Å². The maximum Gasteiger partial charge on any atom is 0.225 e. The lowest BCUT2D eigenvalue weighted by Crippen LogP contribution is -2.35. The third-order valence-corrected chi connectivity index (χ3v) is 4.32. The molecule has 1 fully saturated rings. The van der Waals surface area contributed by atoms with Crippen LogP contribution in [0.25, 0.3) is 0 Å². The Morgan fingerprint density at radius 2 is 2.13 bits per heavy atom. The molecule has 0 aliphatic carbocycles. The quantitative estimate of drug-likeness (QED) is 0.689. The molecule has 2 heterocycles. The van der Waals surface area contributed by atoms with Gasteiger partial charge in [0.25, 0.3) is 0 Å². The summed E-state index contributed by atoms with van der Waals surface area (Å²) in [7, 11) is 1.64. The summed E-state index contributed by atoms with van der Waals surface area (Å²) in [5.41, 5.74) is 0. The van der Waals surface area contributed by atoms with Crippen LogP contribution in [-0.2, 0) is 20.7 Å². The van der Waals surface area contributed by atoms with E-state index in [0.717, 1.165) is 43.7 Å². The molecule has 1 aliphatic rings. The molecule has 1 saturated heterocycles. The molecule has 1 amide bonds. The zero-order valence-corrected chi connectivity index (χ0v) is 14.4. The maximum absolute atomic E-state index is 12.6. The molecular weight excluding hydrogens is 294 g/mol. The number of hydrogen-bond acceptors (Lipinski definition) is 4. The smallest absolute Gasteiger partial charge is 0.225 e. The molecule has 0 radical (unpaired) electrons. The predicted molar refractivity (Wildman–Crippen MR) is 88.3 cm³/mol. The fourth-order valence-corrected chi connectivity index (χ4v) is 3.01. The third-order valence-electron chi connectivity index (χ3n) is 4.32. The first-order valence-corrected chi connectivity index (χ1v) is 8.71. The van der Waals surface area contributed by atoms with Gasteiger partial charge in [-0.15, -0.1) is 0 Å². The van der Waals surface area contributed by atoms with E-state index in [0.29, 0.717) is 26.2 Å². The van der Waals surface area contributed by atoms with Crippen molar-refractivity contribution in [1.82, 2.24) is 4.90 Å². The molecular formula is C18H29NO4. The maximum atomic E-state index is 12.6. The summed E-state index contributed by atoms with van der Waals surface area (Å²) in [4.78, 5) is 14.6. The molecule has 5 heteroatoms. The first-order valence-electron chi connectivity index (χ1n) is 8.71. The number of carbonyl (C=O) groups excluding carboxylic acids is 1. The molecule has 5 nitrogen and oxygen atoms in total. The SMILES string of the molecule is CCc1ccc([C@H]2CCCCCN2C(=O)CCOCCOC)o1. The van der Waals surface area contributed by atoms with Gasteiger partial charge >= 0.3 is 0 Å². The van der Waals surface area contributed by atoms with Gasteiger partial charge in [0.2, 0.25) is 5.91 Å². The molecule has 130 valence electrons. The van der Waals surface area contributed by atoms with Crippen molar-refractivity contribution in [3.63, 3.8) is 0 Å². The van der Waals surface area contributed by atoms with Crippen molar-refractivity contribution in [1.29, 1.82) is 0 Å². The van der Waals surface area contributed by atoms with Gasteiger partial charge in [-0.1, -0.05) is 19.8 Å². The number of hydrogen-bond donors (Lipinski definition) is 0. The Labute approximate surface area is 138 Å². The summed E-state index contributed by atoms with van der Waals surface area (Å²) in [5, 5.41) is 0. The highest BCUT2D eigenvalue weighted by Gasteiger charge is 2.28. The molecule has 0 spiro atoms. The Hall–Kier alpha value is -1.33. The highest BCUT2D eigenvalue weighted by atomic mass is 16.5. The second-order valence-corrected chi connectivity index (χ2v) is 5.97. The van der Waals surface area contributed by atoms with E-state index in [4.69, 9.17) is 13.9 Å². The number of ether oxygens (including phenoxy) is 2. The van der Waals surface area contributed by atoms with E-state index in [1.54, 1.807) is 7.11 Å². The van der Waals surface area contributed by atoms with Gasteiger partial charge in [0.1, 0.15) is 11.5 Å². The molecule has 2 rings (SSSR count). The van der Waals surface area contributed by atoms with Crippen molar-refractivity contribution in [2.24, 2.45) is 0 Å². The van der Waals surface area contributed by atoms with Gasteiger partial charge < -0.3 is 18.8 Å². The van der Waals surface area contributed by atoms with E-state index in [1.165, 1.54) is 6.42 Å². The molecule has 23 heavy (non-hydrogen) atoms. The van der Waals surface area contributed by atoms with Crippen molar-refractivity contribution >= 4 is 5.91 Å². The Bertz CT molecular complexity index is 471. The van der Waals surface area contributed by atoms with Gasteiger partial charge in [0, 0.05) is 20.1 Å². The standard InChI is InChI=1S/C18H29NO4/c1-3-15-8-9-17(23-15)16-7-5-4-6-11-19(16)18(20)10-12-22-14-13-21-2/h8-9,16H,3-7,10-14H2,1-2H3/t16-/m1/s1. The van der Waals surface area contributed by atoms with E-state index in [9.17, 15) is 4.79 Å². The number of rotatable bonds is 8. The van der Waals surface area contributed by atoms with Gasteiger partial charge in [-0.25, -0.2) is 0 Å². The van der Waals surface area contributed by atoms with Gasteiger partial charge in [0.05, 0.1) is 32.3 Å². The van der Waals surface area contributed by atoms with E-state index < -0.39 is 0 Å². The van der Waals surface area contributed by atoms with Gasteiger partial charge in [-0.05, 0) is 25.0 Å². The fourth-order valence-electron chi connectivity index (χ4n) is 3.01. The minimum Gasteiger partial charge on any atom is -0.464 e. The third kappa shape index (κ3) is 5.36. The number of methoxy groups -OCH3 is 1. The molecule has 0 N–H and O–H groups in total. The zero-order valence-electron chi connectivity index (χ0n) is 14.4. The van der Waals surface area contributed by atoms with Crippen molar-refractivity contribution < 1.29 is 18.7 Å². The van der Waals surface area contributed by atoms with Crippen LogP contribution >= 0.6 is 0 Å². The Balaban J connectivity index is 1.95. The van der Waals surface area contributed by atoms with Crippen LogP contribution in [0, 0.1) is 0 Å². The van der Waals surface area contributed by atoms with Crippen molar-refractivity contribution in [3.8, 4) is 0 Å². The summed E-state index contributed by atoms with van der Waals surface area (Å²) >= 11 is 0. The second-order valence-electron chi connectivity index (χ2n) is 5.97. The molecule has 0 bridgehead atoms. The summed E-state index contributed by atoms with van der Waals surface area (Å²) in [6.45, 7) is 4.43. The minimum absolute atomic E-state index is 0.0734. The number of nitrogens with zero attached hydrogens (tertiary/aromatic N) is 1. The van der Waals surface area contributed by atoms with Crippen molar-refractivity contribution in [2.75, 3.05) is 33.5 Å². The molecule has 1 aromatic rings. The molecule has 1 atom stereocenters. The topological polar surface area (TPSA) is 51.9 Å². The first kappa shape index (κ1) is 18.0. The van der Waals surface area contributed by atoms with E-state index >= 15 is 0 Å². The average molecular weight is 323 g/mol. The highest BCUT2D eigenvalue weighted by Crippen LogP contribution is 2.31. The summed E-state index contributed by atoms with van der Waals surface area (Å²) in [5.74, 6) is 2.07. The average Bonchev–Trinajstić information content (AvgIpc) is 2.91. The normalized spacial score (nSPS) is 18.9. The van der Waals surface area contributed by atoms with Crippen LogP contribution in [0.3, 0.4) is 0 Å². The molecule has 0 saturated carbocycles. The van der Waals surface area contributed by atoms with Crippen LogP contribution in [0.4, 0.5) is 0 Å². The number of furan rings is 1. The Morgan fingerprint density at radius 3 is 2.87 bits per heavy atom. The van der Waals surface area contributed by atoms with Crippen LogP contribution in [0.2, 0.25) is 0 Å². The van der Waals surface area contributed by atoms with Crippen LogP contribution in [0.1, 0.15) is 56.6 Å². The number of likely N-dealkylation sites (tertiary alicyclic amines) is 1. The van der Waals surface area contributed by atoms with Crippen LogP contribution in [0.15, 0.2) is 16.5 Å². The van der Waals surface area contributed by atoms with Gasteiger partial charge in [-0.2, -0.15) is 0 Å². The number of aryl methyl sites for hydroxylation is 1. The van der Waals surface area contributed by atoms with Crippen molar-refractivity contribution in [3.05, 3.63) is 23.7 Å². The lowest BCUT2D eigenvalue weighted by atomic mass is 10.1. The summed E-state index contributed by atoms with van der Waals surface area (Å²) < 4.78 is 16.3. The van der Waals surface area contributed by atoms with Crippen molar-refractivity contribution in [2.45, 2.75) is 51.5 Å². The summed E-state index contributed by atoms with van der Waals surface area (Å²) in [6.07, 6.45) is 5.66. The van der Waals surface area contributed by atoms with E-state index in [1.807, 2.05) is 17.0 Å². The van der Waals surface area contributed by atoms with Crippen LogP contribution in [0.5, 0.6) is 0 Å². The van der Waals surface area contributed by atoms with E-state index in [-0.39, 0.29) is 11.9 Å². The number of amides is 1. The zero-order chi connectivity index (χ0) is 16.5. The monoisotopic (exact) mass is 323 g/mol. The summed E-state index contributed by atoms with van der Waals surface area (Å²) in [6, 6.07) is 4.13. The highest BCUT2D eigenvalue weighted by molar-refractivity contribution is 5.76. The predicted octanol–water partition coefficient (Wildman–Crippen LogP) is 3.34. The number of carbonyl (C=O) groups is 1. The van der Waals surface area contributed by atoms with Crippen LogP contribution in [-0.4, -0.2) is 44.3 Å². The largest absolute Gasteiger partial charge is 0.464 e. The molecule has 0 aromatic carbocycles. The Kier molecular flexibility index (Phi) is 7.62. The molecule has 1 aliphatic heterocycles. The second kappa shape index (κ2) is 9.73. The lowest BCUT2D eigenvalue weighted by Gasteiger charge is -2.28. The lowest BCUT2D eigenvalue weighted by molar-refractivity contribution is -0.135. The van der Waals surface area contributed by atoms with Gasteiger partial charge in [0.15, 0.2) is 0 Å². The Morgan fingerprint density at radius 1 is 1.26 bits per heavy atom.